The summed E-state index contributed by atoms with van der Waals surface area (Å²) in [6.45, 7) is 3.94. The number of nitrogens with one attached hydrogen (secondary N) is 1. The van der Waals surface area contributed by atoms with Crippen LogP contribution in [0.15, 0.2) is 12.1 Å². The van der Waals surface area contributed by atoms with Gasteiger partial charge in [0.05, 0.1) is 0 Å². The Balaban J connectivity index is 2.21. The first-order valence-corrected chi connectivity index (χ1v) is 5.33. The lowest BCUT2D eigenvalue weighted by Crippen LogP contribution is -2.26. The van der Waals surface area contributed by atoms with Crippen LogP contribution < -0.4 is 5.32 Å². The molecule has 0 bridgehead atoms. The fourth-order valence-corrected chi connectivity index (χ4v) is 1.70. The van der Waals surface area contributed by atoms with E-state index >= 15 is 0 Å². The quantitative estimate of drug-likeness (QED) is 0.833. The van der Waals surface area contributed by atoms with Gasteiger partial charge in [0.2, 0.25) is 0 Å². The van der Waals surface area contributed by atoms with Crippen molar-refractivity contribution >= 4 is 5.69 Å². The molecule has 0 aliphatic heterocycles. The maximum absolute atomic E-state index is 13.3. The Morgan fingerprint density at radius 1 is 1.19 bits per heavy atom. The largest absolute Gasteiger partial charge is 0.377 e. The van der Waals surface area contributed by atoms with Crippen LogP contribution in [0.2, 0.25) is 0 Å². The smallest absolute Gasteiger partial charge is 0.152 e. The van der Waals surface area contributed by atoms with Gasteiger partial charge in [-0.1, -0.05) is 6.92 Å². The first kappa shape index (κ1) is 11.3. The molecule has 88 valence electrons. The van der Waals surface area contributed by atoms with Crippen molar-refractivity contribution in [1.82, 2.24) is 0 Å². The van der Waals surface area contributed by atoms with Gasteiger partial charge in [-0.25, -0.2) is 13.2 Å². The topological polar surface area (TPSA) is 12.0 Å². The van der Waals surface area contributed by atoms with Crippen molar-refractivity contribution in [2.75, 3.05) is 5.32 Å². The summed E-state index contributed by atoms with van der Waals surface area (Å²) in [5.74, 6) is -2.66. The molecule has 2 rings (SSSR count). The van der Waals surface area contributed by atoms with Gasteiger partial charge in [-0.3, -0.25) is 0 Å². The van der Waals surface area contributed by atoms with E-state index in [9.17, 15) is 13.2 Å². The summed E-state index contributed by atoms with van der Waals surface area (Å²) in [5, 5.41) is 2.79. The standard InChI is InChI=1S/C12H14F3N/c1-7(12(2)3-4-12)16-11-9(14)5-8(13)6-10(11)15/h5-7,16H,3-4H2,1-2H3. The first-order chi connectivity index (χ1) is 7.42. The van der Waals surface area contributed by atoms with Crippen LogP contribution in [-0.2, 0) is 0 Å². The molecular formula is C12H14F3N. The number of hydrogen-bond acceptors (Lipinski definition) is 1. The van der Waals surface area contributed by atoms with Crippen LogP contribution in [0.1, 0.15) is 26.7 Å². The normalized spacial score (nSPS) is 19.3. The van der Waals surface area contributed by atoms with E-state index in [1.165, 1.54) is 0 Å². The Morgan fingerprint density at radius 2 is 1.69 bits per heavy atom. The number of anilines is 1. The average molecular weight is 229 g/mol. The molecule has 0 radical (unpaired) electrons. The Morgan fingerprint density at radius 3 is 2.12 bits per heavy atom. The maximum atomic E-state index is 13.3. The molecular weight excluding hydrogens is 215 g/mol. The van der Waals surface area contributed by atoms with Gasteiger partial charge in [-0.05, 0) is 25.2 Å². The van der Waals surface area contributed by atoms with Crippen LogP contribution in [0.25, 0.3) is 0 Å². The van der Waals surface area contributed by atoms with Gasteiger partial charge in [0.25, 0.3) is 0 Å². The number of halogens is 3. The lowest BCUT2D eigenvalue weighted by molar-refractivity contribution is 0.482. The molecule has 1 atom stereocenters. The zero-order valence-electron chi connectivity index (χ0n) is 9.28. The van der Waals surface area contributed by atoms with Crippen LogP contribution in [0.5, 0.6) is 0 Å². The Hall–Kier alpha value is -1.19. The van der Waals surface area contributed by atoms with Crippen molar-refractivity contribution in [3.8, 4) is 0 Å². The minimum atomic E-state index is -0.897. The van der Waals surface area contributed by atoms with E-state index in [2.05, 4.69) is 12.2 Å². The molecule has 1 unspecified atom stereocenters. The summed E-state index contributed by atoms with van der Waals surface area (Å²) < 4.78 is 39.4. The van der Waals surface area contributed by atoms with E-state index in [0.717, 1.165) is 12.8 Å². The van der Waals surface area contributed by atoms with E-state index in [1.807, 2.05) is 6.92 Å². The minimum absolute atomic E-state index is 0.0260. The molecule has 0 amide bonds. The summed E-state index contributed by atoms with van der Waals surface area (Å²) in [6.07, 6.45) is 2.09. The number of hydrogen-bond donors (Lipinski definition) is 1. The lowest BCUT2D eigenvalue weighted by Gasteiger charge is -2.22. The van der Waals surface area contributed by atoms with Crippen molar-refractivity contribution in [2.24, 2.45) is 5.41 Å². The molecule has 16 heavy (non-hydrogen) atoms. The summed E-state index contributed by atoms with van der Waals surface area (Å²) in [4.78, 5) is 0. The molecule has 0 aromatic heterocycles. The third-order valence-corrected chi connectivity index (χ3v) is 3.45. The van der Waals surface area contributed by atoms with Gasteiger partial charge in [0.1, 0.15) is 11.5 Å². The van der Waals surface area contributed by atoms with Gasteiger partial charge in [0, 0.05) is 18.2 Å². The minimum Gasteiger partial charge on any atom is -0.377 e. The predicted octanol–water partition coefficient (Wildman–Crippen LogP) is 3.70. The molecule has 0 spiro atoms. The molecule has 1 nitrogen and oxygen atoms in total. The fraction of sp³-hybridized carbons (Fsp3) is 0.500. The van der Waals surface area contributed by atoms with E-state index < -0.39 is 17.5 Å². The third-order valence-electron chi connectivity index (χ3n) is 3.45. The van der Waals surface area contributed by atoms with Crippen molar-refractivity contribution in [2.45, 2.75) is 32.7 Å². The molecule has 0 heterocycles. The van der Waals surface area contributed by atoms with E-state index in [-0.39, 0.29) is 17.1 Å². The highest BCUT2D eigenvalue weighted by molar-refractivity contribution is 5.47. The second-order valence-corrected chi connectivity index (χ2v) is 4.76. The zero-order chi connectivity index (χ0) is 11.9. The molecule has 0 saturated heterocycles. The van der Waals surface area contributed by atoms with E-state index in [4.69, 9.17) is 0 Å². The first-order valence-electron chi connectivity index (χ1n) is 5.33. The molecule has 1 aromatic carbocycles. The van der Waals surface area contributed by atoms with E-state index in [0.29, 0.717) is 12.1 Å². The second kappa shape index (κ2) is 3.68. The monoisotopic (exact) mass is 229 g/mol. The van der Waals surface area contributed by atoms with Gasteiger partial charge in [-0.15, -0.1) is 0 Å². The summed E-state index contributed by atoms with van der Waals surface area (Å²) in [6, 6.07) is 1.35. The molecule has 1 aromatic rings. The van der Waals surface area contributed by atoms with Crippen molar-refractivity contribution in [1.29, 1.82) is 0 Å². The van der Waals surface area contributed by atoms with E-state index in [1.54, 1.807) is 0 Å². The second-order valence-electron chi connectivity index (χ2n) is 4.76. The maximum Gasteiger partial charge on any atom is 0.152 e. The third kappa shape index (κ3) is 2.01. The Kier molecular flexibility index (Phi) is 2.60. The molecule has 4 heteroatoms. The van der Waals surface area contributed by atoms with Crippen LogP contribution in [0.4, 0.5) is 18.9 Å². The zero-order valence-corrected chi connectivity index (χ0v) is 9.28. The molecule has 1 N–H and O–H groups in total. The van der Waals surface area contributed by atoms with Gasteiger partial charge >= 0.3 is 0 Å². The highest BCUT2D eigenvalue weighted by Gasteiger charge is 2.42. The highest BCUT2D eigenvalue weighted by atomic mass is 19.1. The van der Waals surface area contributed by atoms with Crippen molar-refractivity contribution in [3.05, 3.63) is 29.6 Å². The lowest BCUT2D eigenvalue weighted by atomic mass is 10.0. The van der Waals surface area contributed by atoms with Crippen LogP contribution in [-0.4, -0.2) is 6.04 Å². The Labute approximate surface area is 92.7 Å². The fourth-order valence-electron chi connectivity index (χ4n) is 1.70. The van der Waals surface area contributed by atoms with Crippen LogP contribution in [0.3, 0.4) is 0 Å². The van der Waals surface area contributed by atoms with Gasteiger partial charge in [-0.2, -0.15) is 0 Å². The summed E-state index contributed by atoms with van der Waals surface area (Å²) in [5.41, 5.74) is -0.130. The predicted molar refractivity (Wildman–Crippen MR) is 56.7 cm³/mol. The van der Waals surface area contributed by atoms with Crippen LogP contribution >= 0.6 is 0 Å². The SMILES string of the molecule is CC(Nc1c(F)cc(F)cc1F)C1(C)CC1. The van der Waals surface area contributed by atoms with Gasteiger partial charge < -0.3 is 5.32 Å². The molecule has 1 aliphatic rings. The molecule has 1 saturated carbocycles. The Bertz CT molecular complexity index is 390. The molecule has 1 fully saturated rings. The van der Waals surface area contributed by atoms with Crippen LogP contribution in [0, 0.1) is 22.9 Å². The van der Waals surface area contributed by atoms with Crippen molar-refractivity contribution < 1.29 is 13.2 Å². The summed E-state index contributed by atoms with van der Waals surface area (Å²) in [7, 11) is 0. The average Bonchev–Trinajstić information content (AvgIpc) is 2.91. The highest BCUT2D eigenvalue weighted by Crippen LogP contribution is 2.49. The van der Waals surface area contributed by atoms with Gasteiger partial charge in [0.15, 0.2) is 11.6 Å². The summed E-state index contributed by atoms with van der Waals surface area (Å²) >= 11 is 0. The number of rotatable bonds is 3. The number of benzene rings is 1. The van der Waals surface area contributed by atoms with Crippen molar-refractivity contribution in [3.63, 3.8) is 0 Å². The molecule has 1 aliphatic carbocycles.